The molecule has 4 nitrogen and oxygen atoms in total. The van der Waals surface area contributed by atoms with E-state index in [-0.39, 0.29) is 22.6 Å². The third-order valence-electron chi connectivity index (χ3n) is 7.57. The Morgan fingerprint density at radius 1 is 0.941 bits per heavy atom. The summed E-state index contributed by atoms with van der Waals surface area (Å²) in [5.74, 6) is 0.511. The molecule has 0 bridgehead atoms. The van der Waals surface area contributed by atoms with Crippen LogP contribution in [0.3, 0.4) is 0 Å². The summed E-state index contributed by atoms with van der Waals surface area (Å²) in [5.41, 5.74) is 0.0760. The molecule has 1 unspecified atom stereocenters. The number of hydrogen-bond donors (Lipinski definition) is 0. The molecule has 1 aliphatic carbocycles. The summed E-state index contributed by atoms with van der Waals surface area (Å²) < 4.78 is 7.26. The number of hydrogen-bond acceptors (Lipinski definition) is 4. The zero-order chi connectivity index (χ0) is 23.8. The van der Waals surface area contributed by atoms with Crippen molar-refractivity contribution in [3.05, 3.63) is 72.3 Å². The number of amides is 1. The van der Waals surface area contributed by atoms with Crippen molar-refractivity contribution in [2.75, 3.05) is 13.1 Å². The topological polar surface area (TPSA) is 32.8 Å². The van der Waals surface area contributed by atoms with E-state index in [0.29, 0.717) is 5.91 Å². The van der Waals surface area contributed by atoms with Crippen LogP contribution < -0.4 is 10.4 Å². The minimum absolute atomic E-state index is 0.0235. The Balaban J connectivity index is 1.36. The Bertz CT molecular complexity index is 972. The fourth-order valence-corrected chi connectivity index (χ4v) is 11.5. The number of rotatable bonds is 6. The second-order valence-electron chi connectivity index (χ2n) is 10.8. The highest BCUT2D eigenvalue weighted by molar-refractivity contribution is 8.02. The quantitative estimate of drug-likeness (QED) is 0.544. The molecule has 2 aliphatic heterocycles. The summed E-state index contributed by atoms with van der Waals surface area (Å²) in [6.07, 6.45) is 6.61. The van der Waals surface area contributed by atoms with Crippen LogP contribution in [0.2, 0.25) is 5.04 Å². The first kappa shape index (κ1) is 23.9. The Labute approximate surface area is 209 Å². The molecule has 0 spiro atoms. The number of likely N-dealkylation sites (tertiary alicyclic amines) is 1. The summed E-state index contributed by atoms with van der Waals surface area (Å²) in [4.78, 5) is 17.5. The van der Waals surface area contributed by atoms with Gasteiger partial charge in [-0.2, -0.15) is 0 Å². The highest BCUT2D eigenvalue weighted by Gasteiger charge is 2.53. The summed E-state index contributed by atoms with van der Waals surface area (Å²) in [7, 11) is -2.54. The van der Waals surface area contributed by atoms with Gasteiger partial charge in [0, 0.05) is 25.2 Å². The first-order valence-electron chi connectivity index (χ1n) is 12.6. The van der Waals surface area contributed by atoms with Crippen molar-refractivity contribution in [3.63, 3.8) is 0 Å². The van der Waals surface area contributed by atoms with E-state index < -0.39 is 8.32 Å². The summed E-state index contributed by atoms with van der Waals surface area (Å²) in [6, 6.07) is 21.7. The van der Waals surface area contributed by atoms with E-state index >= 15 is 0 Å². The van der Waals surface area contributed by atoms with Gasteiger partial charge in [0.1, 0.15) is 5.50 Å². The zero-order valence-electron chi connectivity index (χ0n) is 20.5. The lowest BCUT2D eigenvalue weighted by Gasteiger charge is -2.51. The molecule has 34 heavy (non-hydrogen) atoms. The Morgan fingerprint density at radius 3 is 2.03 bits per heavy atom. The lowest BCUT2D eigenvalue weighted by atomic mass is 10.1. The second kappa shape index (κ2) is 9.65. The molecule has 3 aliphatic rings. The van der Waals surface area contributed by atoms with E-state index in [1.54, 1.807) is 11.8 Å². The van der Waals surface area contributed by atoms with Gasteiger partial charge in [0.05, 0.1) is 6.10 Å². The largest absolute Gasteiger partial charge is 0.402 e. The van der Waals surface area contributed by atoms with Gasteiger partial charge >= 0.3 is 0 Å². The second-order valence-corrected chi connectivity index (χ2v) is 16.1. The van der Waals surface area contributed by atoms with Gasteiger partial charge in [0.15, 0.2) is 0 Å². The average Bonchev–Trinajstić information content (AvgIpc) is 3.51. The van der Waals surface area contributed by atoms with Crippen molar-refractivity contribution in [1.29, 1.82) is 0 Å². The van der Waals surface area contributed by atoms with Crippen LogP contribution in [-0.4, -0.2) is 48.7 Å². The first-order chi connectivity index (χ1) is 16.4. The van der Waals surface area contributed by atoms with Crippen LogP contribution in [-0.2, 0) is 9.22 Å². The summed E-state index contributed by atoms with van der Waals surface area (Å²) >= 11 is 1.75. The fraction of sp³-hybridized carbons (Fsp3) is 0.464. The molecule has 0 radical (unpaired) electrons. The van der Waals surface area contributed by atoms with Crippen molar-refractivity contribution in [2.24, 2.45) is 5.92 Å². The van der Waals surface area contributed by atoms with E-state index in [1.807, 2.05) is 11.1 Å². The number of thioether (sulfide) groups is 1. The standard InChI is InChI=1S/C28H36N2O2SSi/c1-28(2,3)34(24-14-6-4-7-15-24,25-16-8-5-9-17-25)32-23-20-29(21-23)27-30(18-19-33-27)26(31)22-12-10-11-13-22/h4-9,14-19,22-23,27H,10-13,20-21H2,1-3H3. The molecule has 180 valence electrons. The predicted molar refractivity (Wildman–Crippen MR) is 143 cm³/mol. The molecule has 0 aromatic heterocycles. The Kier molecular flexibility index (Phi) is 6.77. The average molecular weight is 493 g/mol. The van der Waals surface area contributed by atoms with Gasteiger partial charge in [-0.3, -0.25) is 14.6 Å². The number of benzene rings is 2. The van der Waals surface area contributed by atoms with Gasteiger partial charge in [-0.1, -0.05) is 106 Å². The monoisotopic (exact) mass is 492 g/mol. The number of carbonyl (C=O) groups excluding carboxylic acids is 1. The molecule has 0 N–H and O–H groups in total. The van der Waals surface area contributed by atoms with Gasteiger partial charge in [0.25, 0.3) is 8.32 Å². The molecule has 2 aromatic rings. The van der Waals surface area contributed by atoms with Crippen molar-refractivity contribution < 1.29 is 9.22 Å². The zero-order valence-corrected chi connectivity index (χ0v) is 22.3. The third kappa shape index (κ3) is 4.30. The molecular weight excluding hydrogens is 456 g/mol. The molecule has 1 amide bonds. The normalized spacial score (nSPS) is 22.3. The Hall–Kier alpha value is -1.86. The SMILES string of the molecule is CC(C)(C)[Si](OC1CN(C2SC=CN2C(=O)C2CCCC2)C1)(c1ccccc1)c1ccccc1. The molecule has 5 rings (SSSR count). The van der Waals surface area contributed by atoms with Gasteiger partial charge < -0.3 is 4.43 Å². The lowest BCUT2D eigenvalue weighted by Crippen LogP contribution is -2.71. The number of nitrogens with zero attached hydrogens (tertiary/aromatic N) is 2. The molecule has 2 heterocycles. The van der Waals surface area contributed by atoms with Crippen molar-refractivity contribution in [1.82, 2.24) is 9.80 Å². The van der Waals surface area contributed by atoms with Crippen LogP contribution in [0.15, 0.2) is 72.3 Å². The molecule has 1 saturated carbocycles. The van der Waals surface area contributed by atoms with E-state index in [1.165, 1.54) is 23.2 Å². The van der Waals surface area contributed by atoms with Crippen LogP contribution in [0.4, 0.5) is 0 Å². The summed E-state index contributed by atoms with van der Waals surface area (Å²) in [5, 5.41) is 4.70. The maximum atomic E-state index is 13.1. The predicted octanol–water partition coefficient (Wildman–Crippen LogP) is 4.77. The molecule has 2 fully saturated rings. The number of carbonyl (C=O) groups is 1. The van der Waals surface area contributed by atoms with Crippen LogP contribution in [0.5, 0.6) is 0 Å². The van der Waals surface area contributed by atoms with Crippen molar-refractivity contribution >= 4 is 36.4 Å². The van der Waals surface area contributed by atoms with Gasteiger partial charge in [-0.05, 0) is 33.7 Å². The first-order valence-corrected chi connectivity index (χ1v) is 15.4. The Morgan fingerprint density at radius 2 is 1.50 bits per heavy atom. The summed E-state index contributed by atoms with van der Waals surface area (Å²) in [6.45, 7) is 8.70. The van der Waals surface area contributed by atoms with Crippen LogP contribution in [0, 0.1) is 5.92 Å². The van der Waals surface area contributed by atoms with Crippen LogP contribution in [0.25, 0.3) is 0 Å². The maximum absolute atomic E-state index is 13.1. The molecule has 1 saturated heterocycles. The van der Waals surface area contributed by atoms with Gasteiger partial charge in [-0.25, -0.2) is 0 Å². The van der Waals surface area contributed by atoms with Crippen molar-refractivity contribution in [2.45, 2.75) is 63.1 Å². The fourth-order valence-electron chi connectivity index (χ4n) is 5.80. The van der Waals surface area contributed by atoms with E-state index in [2.05, 4.69) is 91.7 Å². The molecule has 1 atom stereocenters. The smallest absolute Gasteiger partial charge is 0.261 e. The minimum atomic E-state index is -2.54. The van der Waals surface area contributed by atoms with E-state index in [4.69, 9.17) is 4.43 Å². The minimum Gasteiger partial charge on any atom is -0.402 e. The maximum Gasteiger partial charge on any atom is 0.261 e. The van der Waals surface area contributed by atoms with Crippen LogP contribution in [0.1, 0.15) is 46.5 Å². The van der Waals surface area contributed by atoms with E-state index in [0.717, 1.165) is 25.9 Å². The van der Waals surface area contributed by atoms with Crippen molar-refractivity contribution in [3.8, 4) is 0 Å². The molecule has 6 heteroatoms. The van der Waals surface area contributed by atoms with Gasteiger partial charge in [-0.15, -0.1) is 0 Å². The van der Waals surface area contributed by atoms with Gasteiger partial charge in [0.2, 0.25) is 5.91 Å². The molecular formula is C28H36N2O2SSi. The highest BCUT2D eigenvalue weighted by Crippen LogP contribution is 2.40. The highest BCUT2D eigenvalue weighted by atomic mass is 32.2. The molecule has 2 aromatic carbocycles. The van der Waals surface area contributed by atoms with E-state index in [9.17, 15) is 4.79 Å². The third-order valence-corrected chi connectivity index (χ3v) is 13.7. The lowest BCUT2D eigenvalue weighted by molar-refractivity contribution is -0.137. The van der Waals surface area contributed by atoms with Crippen LogP contribution >= 0.6 is 11.8 Å².